The van der Waals surface area contributed by atoms with Crippen LogP contribution in [0.15, 0.2) is 206 Å². The molecule has 0 bridgehead atoms. The molecule has 3 heteroatoms. The summed E-state index contributed by atoms with van der Waals surface area (Å²) in [6.45, 7) is 0. The number of nitrogens with zero attached hydrogens (tertiary/aromatic N) is 2. The molecule has 2 nitrogen and oxygen atoms in total. The van der Waals surface area contributed by atoms with E-state index < -0.39 is 0 Å². The summed E-state index contributed by atoms with van der Waals surface area (Å²) in [7, 11) is 0. The first-order chi connectivity index (χ1) is 27.3. The fraction of sp³-hybridized carbons (Fsp3) is 0. The number of para-hydroxylation sites is 2. The van der Waals surface area contributed by atoms with Crippen LogP contribution in [0.2, 0.25) is 0 Å². The van der Waals surface area contributed by atoms with Gasteiger partial charge in [0, 0.05) is 53.7 Å². The Morgan fingerprint density at radius 3 is 1.71 bits per heavy atom. The molecule has 11 aromatic rings. The first kappa shape index (κ1) is 31.6. The van der Waals surface area contributed by atoms with Crippen molar-refractivity contribution < 1.29 is 0 Å². The summed E-state index contributed by atoms with van der Waals surface area (Å²) in [5, 5.41) is 7.62. The molecule has 0 N–H and O–H groups in total. The van der Waals surface area contributed by atoms with Crippen molar-refractivity contribution in [2.45, 2.75) is 0 Å². The van der Waals surface area contributed by atoms with Crippen LogP contribution in [0.1, 0.15) is 0 Å². The van der Waals surface area contributed by atoms with Crippen LogP contribution in [0.25, 0.3) is 80.7 Å². The SMILES string of the molecule is c1ccc(-c2ccc(N(c3ccc4sc5ccc6ccccc6c5c4c3)c3ccc4c(c3)c3ccccc3n4-c3ccccc3)cc2-c2ccccc2)cc1. The number of hydrogen-bond donors (Lipinski definition) is 0. The standard InChI is InChI=1S/C52H34N2S/c1-4-14-35(15-5-1)42-28-25-39(32-45(42)36-16-6-2-7-17-36)53(41-27-31-50-47(34-41)52-43-21-11-10-18-37(43)24-30-51(52)55-50)40-26-29-49-46(33-40)44-22-12-13-23-48(44)54(49)38-19-8-3-9-20-38/h1-34H. The van der Waals surface area contributed by atoms with Gasteiger partial charge in [-0.2, -0.15) is 0 Å². The monoisotopic (exact) mass is 718 g/mol. The molecule has 0 aliphatic rings. The molecule has 0 saturated carbocycles. The fourth-order valence-corrected chi connectivity index (χ4v) is 9.58. The third-order valence-corrected chi connectivity index (χ3v) is 12.1. The Morgan fingerprint density at radius 1 is 0.364 bits per heavy atom. The van der Waals surface area contributed by atoms with Crippen molar-refractivity contribution >= 4 is 81.1 Å². The van der Waals surface area contributed by atoms with E-state index in [1.54, 1.807) is 0 Å². The Balaban J connectivity index is 1.19. The van der Waals surface area contributed by atoms with E-state index in [2.05, 4.69) is 216 Å². The van der Waals surface area contributed by atoms with Gasteiger partial charge in [-0.1, -0.05) is 133 Å². The van der Waals surface area contributed by atoms with E-state index in [1.165, 1.54) is 75.0 Å². The van der Waals surface area contributed by atoms with E-state index in [1.807, 2.05) is 11.3 Å². The maximum absolute atomic E-state index is 2.45. The molecule has 0 fully saturated rings. The molecule has 0 radical (unpaired) electrons. The second-order valence-electron chi connectivity index (χ2n) is 14.1. The summed E-state index contributed by atoms with van der Waals surface area (Å²) in [6, 6.07) is 75.2. The van der Waals surface area contributed by atoms with Crippen molar-refractivity contribution in [1.82, 2.24) is 4.57 Å². The largest absolute Gasteiger partial charge is 0.310 e. The molecular weight excluding hydrogens is 685 g/mol. The molecule has 0 aliphatic carbocycles. The first-order valence-electron chi connectivity index (χ1n) is 18.8. The van der Waals surface area contributed by atoms with Crippen LogP contribution < -0.4 is 4.90 Å². The summed E-state index contributed by atoms with van der Waals surface area (Å²) >= 11 is 1.87. The summed E-state index contributed by atoms with van der Waals surface area (Å²) in [5.41, 5.74) is 11.7. The van der Waals surface area contributed by atoms with Crippen molar-refractivity contribution in [3.8, 4) is 27.9 Å². The molecule has 11 rings (SSSR count). The van der Waals surface area contributed by atoms with Crippen LogP contribution in [0.5, 0.6) is 0 Å². The van der Waals surface area contributed by atoms with Crippen LogP contribution in [0.4, 0.5) is 17.1 Å². The first-order valence-corrected chi connectivity index (χ1v) is 19.6. The van der Waals surface area contributed by atoms with Crippen molar-refractivity contribution in [2.24, 2.45) is 0 Å². The molecule has 2 aromatic heterocycles. The summed E-state index contributed by atoms with van der Waals surface area (Å²) in [4.78, 5) is 2.45. The van der Waals surface area contributed by atoms with Gasteiger partial charge in [-0.3, -0.25) is 0 Å². The Morgan fingerprint density at radius 2 is 0.927 bits per heavy atom. The molecule has 0 unspecified atom stereocenters. The van der Waals surface area contributed by atoms with Gasteiger partial charge in [0.2, 0.25) is 0 Å². The molecule has 0 saturated heterocycles. The molecule has 0 amide bonds. The van der Waals surface area contributed by atoms with Gasteiger partial charge in [-0.05, 0) is 106 Å². The predicted molar refractivity (Wildman–Crippen MR) is 237 cm³/mol. The van der Waals surface area contributed by atoms with Crippen molar-refractivity contribution in [1.29, 1.82) is 0 Å². The normalized spacial score (nSPS) is 11.6. The zero-order chi connectivity index (χ0) is 36.3. The number of benzene rings is 9. The molecule has 9 aromatic carbocycles. The van der Waals surface area contributed by atoms with E-state index in [0.29, 0.717) is 0 Å². The van der Waals surface area contributed by atoms with E-state index in [9.17, 15) is 0 Å². The van der Waals surface area contributed by atoms with Crippen LogP contribution in [0.3, 0.4) is 0 Å². The highest BCUT2D eigenvalue weighted by atomic mass is 32.1. The van der Waals surface area contributed by atoms with Gasteiger partial charge in [-0.15, -0.1) is 11.3 Å². The zero-order valence-electron chi connectivity index (χ0n) is 29.9. The Labute approximate surface area is 323 Å². The lowest BCUT2D eigenvalue weighted by Gasteiger charge is -2.27. The highest BCUT2D eigenvalue weighted by molar-refractivity contribution is 7.26. The molecule has 55 heavy (non-hydrogen) atoms. The number of aromatic nitrogens is 1. The molecule has 0 aliphatic heterocycles. The van der Waals surface area contributed by atoms with Gasteiger partial charge in [0.15, 0.2) is 0 Å². The van der Waals surface area contributed by atoms with Crippen LogP contribution >= 0.6 is 11.3 Å². The highest BCUT2D eigenvalue weighted by Gasteiger charge is 2.20. The molecule has 0 spiro atoms. The van der Waals surface area contributed by atoms with Crippen molar-refractivity contribution in [3.05, 3.63) is 206 Å². The van der Waals surface area contributed by atoms with Gasteiger partial charge in [0.05, 0.1) is 11.0 Å². The number of rotatable bonds is 6. The van der Waals surface area contributed by atoms with E-state index in [0.717, 1.165) is 22.7 Å². The zero-order valence-corrected chi connectivity index (χ0v) is 30.7. The van der Waals surface area contributed by atoms with Gasteiger partial charge in [0.25, 0.3) is 0 Å². The summed E-state index contributed by atoms with van der Waals surface area (Å²) in [6.07, 6.45) is 0. The summed E-state index contributed by atoms with van der Waals surface area (Å²) in [5.74, 6) is 0. The van der Waals surface area contributed by atoms with Gasteiger partial charge >= 0.3 is 0 Å². The molecule has 2 heterocycles. The second kappa shape index (κ2) is 12.9. The third-order valence-electron chi connectivity index (χ3n) is 11.0. The Bertz CT molecular complexity index is 3200. The van der Waals surface area contributed by atoms with Crippen molar-refractivity contribution in [3.63, 3.8) is 0 Å². The van der Waals surface area contributed by atoms with E-state index in [-0.39, 0.29) is 0 Å². The lowest BCUT2D eigenvalue weighted by molar-refractivity contribution is 1.18. The van der Waals surface area contributed by atoms with E-state index >= 15 is 0 Å². The Kier molecular flexibility index (Phi) is 7.39. The predicted octanol–water partition coefficient (Wildman–Crippen LogP) is 15.1. The number of hydrogen-bond acceptors (Lipinski definition) is 2. The van der Waals surface area contributed by atoms with Gasteiger partial charge < -0.3 is 9.47 Å². The topological polar surface area (TPSA) is 8.17 Å². The average molecular weight is 719 g/mol. The van der Waals surface area contributed by atoms with Crippen LogP contribution in [-0.4, -0.2) is 4.57 Å². The fourth-order valence-electron chi connectivity index (χ4n) is 8.47. The maximum Gasteiger partial charge on any atom is 0.0542 e. The molecular formula is C52H34N2S. The van der Waals surface area contributed by atoms with Crippen LogP contribution in [0, 0.1) is 0 Å². The third kappa shape index (κ3) is 5.24. The smallest absolute Gasteiger partial charge is 0.0542 e. The quantitative estimate of drug-likeness (QED) is 0.166. The highest BCUT2D eigenvalue weighted by Crippen LogP contribution is 2.46. The average Bonchev–Trinajstić information content (AvgIpc) is 3.80. The lowest BCUT2D eigenvalue weighted by Crippen LogP contribution is -2.10. The Hall–Kier alpha value is -6.94. The van der Waals surface area contributed by atoms with E-state index in [4.69, 9.17) is 0 Å². The number of thiophene rings is 1. The maximum atomic E-state index is 2.45. The molecule has 258 valence electrons. The molecule has 0 atom stereocenters. The minimum Gasteiger partial charge on any atom is -0.310 e. The minimum absolute atomic E-state index is 1.11. The second-order valence-corrected chi connectivity index (χ2v) is 15.2. The van der Waals surface area contributed by atoms with Crippen LogP contribution in [-0.2, 0) is 0 Å². The van der Waals surface area contributed by atoms with Gasteiger partial charge in [-0.25, -0.2) is 0 Å². The van der Waals surface area contributed by atoms with Gasteiger partial charge in [0.1, 0.15) is 0 Å². The minimum atomic E-state index is 1.11. The van der Waals surface area contributed by atoms with Crippen molar-refractivity contribution in [2.75, 3.05) is 4.90 Å². The number of fused-ring (bicyclic) bond motifs is 8. The number of anilines is 3. The lowest BCUT2D eigenvalue weighted by atomic mass is 9.93. The summed E-state index contributed by atoms with van der Waals surface area (Å²) < 4.78 is 4.99.